The molecule has 0 aromatic carbocycles. The second-order valence-corrected chi connectivity index (χ2v) is 3.92. The minimum absolute atomic E-state index is 0.432. The molecule has 80 valence electrons. The van der Waals surface area contributed by atoms with E-state index < -0.39 is 0 Å². The van der Waals surface area contributed by atoms with E-state index in [0.29, 0.717) is 11.1 Å². The number of nitrogens with one attached hydrogen (secondary N) is 1. The zero-order valence-electron chi connectivity index (χ0n) is 8.83. The van der Waals surface area contributed by atoms with Crippen molar-refractivity contribution in [2.75, 3.05) is 13.1 Å². The highest BCUT2D eigenvalue weighted by atomic mass is 35.5. The van der Waals surface area contributed by atoms with E-state index >= 15 is 0 Å². The molecule has 0 saturated heterocycles. The Morgan fingerprint density at radius 2 is 2.43 bits per heavy atom. The van der Waals surface area contributed by atoms with E-state index in [2.05, 4.69) is 24.3 Å². The summed E-state index contributed by atoms with van der Waals surface area (Å²) in [6.45, 7) is 6.41. The van der Waals surface area contributed by atoms with E-state index in [1.807, 2.05) is 10.9 Å². The molecule has 0 fully saturated rings. The molecule has 0 spiro atoms. The first-order valence-corrected chi connectivity index (χ1v) is 5.52. The Balaban J connectivity index is 2.25. The minimum Gasteiger partial charge on any atom is -0.317 e. The third kappa shape index (κ3) is 3.68. The van der Waals surface area contributed by atoms with Crippen molar-refractivity contribution in [1.29, 1.82) is 0 Å². The average molecular weight is 216 g/mol. The second kappa shape index (κ2) is 6.04. The standard InChI is InChI=1S/C10H18ClN3/c1-3-12-6-4-5-9(2)14-8-10(11)7-13-14/h7-9,12H,3-6H2,1-2H3. The first-order chi connectivity index (χ1) is 6.74. The molecule has 1 N–H and O–H groups in total. The van der Waals surface area contributed by atoms with Crippen molar-refractivity contribution in [3.8, 4) is 0 Å². The monoisotopic (exact) mass is 215 g/mol. The highest BCUT2D eigenvalue weighted by molar-refractivity contribution is 6.30. The molecule has 1 aromatic heterocycles. The number of rotatable bonds is 6. The number of hydrogen-bond acceptors (Lipinski definition) is 2. The van der Waals surface area contributed by atoms with Crippen molar-refractivity contribution in [2.45, 2.75) is 32.7 Å². The maximum atomic E-state index is 5.79. The number of halogens is 1. The fraction of sp³-hybridized carbons (Fsp3) is 0.700. The van der Waals surface area contributed by atoms with Crippen molar-refractivity contribution in [1.82, 2.24) is 15.1 Å². The van der Waals surface area contributed by atoms with E-state index in [1.165, 1.54) is 6.42 Å². The van der Waals surface area contributed by atoms with Gasteiger partial charge in [-0.3, -0.25) is 4.68 Å². The molecule has 4 heteroatoms. The third-order valence-electron chi connectivity index (χ3n) is 2.25. The highest BCUT2D eigenvalue weighted by Crippen LogP contribution is 2.14. The molecule has 0 aliphatic carbocycles. The summed E-state index contributed by atoms with van der Waals surface area (Å²) in [7, 11) is 0. The summed E-state index contributed by atoms with van der Waals surface area (Å²) in [5, 5.41) is 8.20. The van der Waals surface area contributed by atoms with Gasteiger partial charge in [0.05, 0.1) is 11.2 Å². The van der Waals surface area contributed by atoms with Crippen molar-refractivity contribution in [3.05, 3.63) is 17.4 Å². The van der Waals surface area contributed by atoms with Gasteiger partial charge in [0.1, 0.15) is 0 Å². The maximum absolute atomic E-state index is 5.79. The Morgan fingerprint density at radius 1 is 1.64 bits per heavy atom. The molecule has 0 amide bonds. The Labute approximate surface area is 90.4 Å². The van der Waals surface area contributed by atoms with Gasteiger partial charge in [0.15, 0.2) is 0 Å². The summed E-state index contributed by atoms with van der Waals surface area (Å²) < 4.78 is 1.92. The smallest absolute Gasteiger partial charge is 0.0785 e. The summed E-state index contributed by atoms with van der Waals surface area (Å²) in [6, 6.07) is 0.432. The summed E-state index contributed by atoms with van der Waals surface area (Å²) in [5.74, 6) is 0. The molecule has 3 nitrogen and oxygen atoms in total. The van der Waals surface area contributed by atoms with Gasteiger partial charge in [0.25, 0.3) is 0 Å². The molecule has 0 bridgehead atoms. The molecule has 14 heavy (non-hydrogen) atoms. The predicted molar refractivity (Wildman–Crippen MR) is 59.7 cm³/mol. The first kappa shape index (κ1) is 11.5. The lowest BCUT2D eigenvalue weighted by Crippen LogP contribution is -2.15. The predicted octanol–water partition coefficient (Wildman–Crippen LogP) is 2.49. The van der Waals surface area contributed by atoms with Gasteiger partial charge in [-0.2, -0.15) is 5.10 Å². The van der Waals surface area contributed by atoms with E-state index in [1.54, 1.807) is 6.20 Å². The summed E-state index contributed by atoms with van der Waals surface area (Å²) >= 11 is 5.79. The van der Waals surface area contributed by atoms with E-state index in [9.17, 15) is 0 Å². The van der Waals surface area contributed by atoms with Crippen LogP contribution in [-0.2, 0) is 0 Å². The van der Waals surface area contributed by atoms with Crippen LogP contribution in [0.4, 0.5) is 0 Å². The maximum Gasteiger partial charge on any atom is 0.0785 e. The molecule has 0 radical (unpaired) electrons. The topological polar surface area (TPSA) is 29.9 Å². The van der Waals surface area contributed by atoms with Crippen molar-refractivity contribution >= 4 is 11.6 Å². The fourth-order valence-corrected chi connectivity index (χ4v) is 1.53. The van der Waals surface area contributed by atoms with Crippen LogP contribution in [-0.4, -0.2) is 22.9 Å². The van der Waals surface area contributed by atoms with Crippen molar-refractivity contribution in [3.63, 3.8) is 0 Å². The number of nitrogens with zero attached hydrogens (tertiary/aromatic N) is 2. The second-order valence-electron chi connectivity index (χ2n) is 3.48. The van der Waals surface area contributed by atoms with Crippen LogP contribution in [0.3, 0.4) is 0 Å². The summed E-state index contributed by atoms with van der Waals surface area (Å²) in [6.07, 6.45) is 5.86. The van der Waals surface area contributed by atoms with Crippen LogP contribution in [0.25, 0.3) is 0 Å². The van der Waals surface area contributed by atoms with Crippen LogP contribution in [0.1, 0.15) is 32.7 Å². The van der Waals surface area contributed by atoms with E-state index in [-0.39, 0.29) is 0 Å². The Morgan fingerprint density at radius 3 is 3.00 bits per heavy atom. The van der Waals surface area contributed by atoms with Crippen LogP contribution in [0, 0.1) is 0 Å². The lowest BCUT2D eigenvalue weighted by Gasteiger charge is -2.11. The van der Waals surface area contributed by atoms with E-state index in [4.69, 9.17) is 11.6 Å². The Bertz CT molecular complexity index is 260. The largest absolute Gasteiger partial charge is 0.317 e. The van der Waals surface area contributed by atoms with Gasteiger partial charge < -0.3 is 5.32 Å². The molecular formula is C10H18ClN3. The summed E-state index contributed by atoms with van der Waals surface area (Å²) in [5.41, 5.74) is 0. The number of hydrogen-bond donors (Lipinski definition) is 1. The lowest BCUT2D eigenvalue weighted by atomic mass is 10.2. The van der Waals surface area contributed by atoms with Gasteiger partial charge in [0.2, 0.25) is 0 Å². The van der Waals surface area contributed by atoms with E-state index in [0.717, 1.165) is 19.5 Å². The zero-order chi connectivity index (χ0) is 10.4. The Hall–Kier alpha value is -0.540. The molecule has 1 atom stereocenters. The van der Waals surface area contributed by atoms with Gasteiger partial charge in [-0.1, -0.05) is 18.5 Å². The molecular weight excluding hydrogens is 198 g/mol. The first-order valence-electron chi connectivity index (χ1n) is 5.14. The van der Waals surface area contributed by atoms with Crippen LogP contribution in [0.15, 0.2) is 12.4 Å². The SMILES string of the molecule is CCNCCCC(C)n1cc(Cl)cn1. The summed E-state index contributed by atoms with van der Waals surface area (Å²) in [4.78, 5) is 0. The lowest BCUT2D eigenvalue weighted by molar-refractivity contribution is 0.440. The molecule has 1 rings (SSSR count). The zero-order valence-corrected chi connectivity index (χ0v) is 9.59. The van der Waals surface area contributed by atoms with Crippen molar-refractivity contribution < 1.29 is 0 Å². The van der Waals surface area contributed by atoms with Crippen molar-refractivity contribution in [2.24, 2.45) is 0 Å². The normalized spacial score (nSPS) is 13.1. The average Bonchev–Trinajstić information content (AvgIpc) is 2.59. The van der Waals surface area contributed by atoms with Crippen LogP contribution in [0.5, 0.6) is 0 Å². The molecule has 0 aliphatic heterocycles. The number of aromatic nitrogens is 2. The van der Waals surface area contributed by atoms with Crippen LogP contribution >= 0.6 is 11.6 Å². The van der Waals surface area contributed by atoms with Gasteiger partial charge >= 0.3 is 0 Å². The fourth-order valence-electron chi connectivity index (χ4n) is 1.39. The van der Waals surface area contributed by atoms with Crippen LogP contribution < -0.4 is 5.32 Å². The molecule has 1 aromatic rings. The molecule has 0 aliphatic rings. The molecule has 0 saturated carbocycles. The molecule has 1 unspecified atom stereocenters. The van der Waals surface area contributed by atoms with Gasteiger partial charge in [0, 0.05) is 12.2 Å². The minimum atomic E-state index is 0.432. The highest BCUT2D eigenvalue weighted by Gasteiger charge is 2.04. The van der Waals surface area contributed by atoms with Gasteiger partial charge in [-0.25, -0.2) is 0 Å². The van der Waals surface area contributed by atoms with Gasteiger partial charge in [-0.05, 0) is 32.9 Å². The third-order valence-corrected chi connectivity index (χ3v) is 2.44. The Kier molecular flexibility index (Phi) is 4.98. The van der Waals surface area contributed by atoms with Gasteiger partial charge in [-0.15, -0.1) is 0 Å². The molecule has 1 heterocycles. The van der Waals surface area contributed by atoms with Crippen LogP contribution in [0.2, 0.25) is 5.02 Å². The quantitative estimate of drug-likeness (QED) is 0.739.